The van der Waals surface area contributed by atoms with Gasteiger partial charge in [0.2, 0.25) is 0 Å². The maximum absolute atomic E-state index is 11.2. The third-order valence-corrected chi connectivity index (χ3v) is 3.67. The summed E-state index contributed by atoms with van der Waals surface area (Å²) in [4.78, 5) is 11.2. The number of halogens is 2. The van der Waals surface area contributed by atoms with Crippen molar-refractivity contribution in [2.24, 2.45) is 0 Å². The number of hydrogen-bond acceptors (Lipinski definition) is 1. The molecular formula is C8H5Br2NO. The molecule has 2 nitrogen and oxygen atoms in total. The first-order chi connectivity index (χ1) is 5.68. The van der Waals surface area contributed by atoms with E-state index in [9.17, 15) is 4.79 Å². The predicted octanol–water partition coefficient (Wildman–Crippen LogP) is 2.46. The summed E-state index contributed by atoms with van der Waals surface area (Å²) in [6, 6.07) is 3.79. The van der Waals surface area contributed by atoms with Crippen LogP contribution < -0.4 is 5.32 Å². The smallest absolute Gasteiger partial charge is 0.251 e. The van der Waals surface area contributed by atoms with Gasteiger partial charge in [-0.1, -0.05) is 0 Å². The minimum absolute atomic E-state index is 0.0122. The summed E-state index contributed by atoms with van der Waals surface area (Å²) in [6.45, 7) is 0.639. The molecule has 1 aromatic carbocycles. The molecule has 1 aromatic rings. The van der Waals surface area contributed by atoms with Gasteiger partial charge in [-0.05, 0) is 49.6 Å². The number of rotatable bonds is 0. The van der Waals surface area contributed by atoms with E-state index in [0.717, 1.165) is 20.1 Å². The molecule has 0 aliphatic carbocycles. The number of hydrogen-bond donors (Lipinski definition) is 1. The minimum atomic E-state index is 0.0122. The first kappa shape index (κ1) is 8.26. The van der Waals surface area contributed by atoms with E-state index >= 15 is 0 Å². The lowest BCUT2D eigenvalue weighted by Crippen LogP contribution is -2.12. The summed E-state index contributed by atoms with van der Waals surface area (Å²) in [5.74, 6) is 0.0122. The molecule has 0 saturated heterocycles. The molecule has 1 amide bonds. The lowest BCUT2D eigenvalue weighted by atomic mass is 10.1. The summed E-state index contributed by atoms with van der Waals surface area (Å²) in [6.07, 6.45) is 0. The van der Waals surface area contributed by atoms with Crippen molar-refractivity contribution in [3.63, 3.8) is 0 Å². The quantitative estimate of drug-likeness (QED) is 0.781. The number of carbonyl (C=O) groups is 1. The van der Waals surface area contributed by atoms with Crippen LogP contribution in [0.5, 0.6) is 0 Å². The second kappa shape index (κ2) is 2.85. The zero-order valence-corrected chi connectivity index (χ0v) is 9.20. The highest BCUT2D eigenvalue weighted by Gasteiger charge is 2.19. The van der Waals surface area contributed by atoms with Gasteiger partial charge in [0.25, 0.3) is 5.91 Å². The van der Waals surface area contributed by atoms with Gasteiger partial charge < -0.3 is 5.32 Å². The number of amides is 1. The van der Waals surface area contributed by atoms with Crippen molar-refractivity contribution >= 4 is 37.8 Å². The van der Waals surface area contributed by atoms with Crippen LogP contribution >= 0.6 is 31.9 Å². The van der Waals surface area contributed by atoms with Gasteiger partial charge in [-0.2, -0.15) is 0 Å². The molecule has 0 aromatic heterocycles. The number of benzene rings is 1. The summed E-state index contributed by atoms with van der Waals surface area (Å²) < 4.78 is 1.90. The van der Waals surface area contributed by atoms with Gasteiger partial charge >= 0.3 is 0 Å². The molecule has 1 heterocycles. The average Bonchev–Trinajstić information content (AvgIpc) is 2.35. The van der Waals surface area contributed by atoms with Crippen molar-refractivity contribution in [3.8, 4) is 0 Å². The van der Waals surface area contributed by atoms with Crippen LogP contribution in [-0.4, -0.2) is 5.91 Å². The van der Waals surface area contributed by atoms with E-state index in [-0.39, 0.29) is 5.91 Å². The summed E-state index contributed by atoms with van der Waals surface area (Å²) >= 11 is 6.73. The van der Waals surface area contributed by atoms with E-state index in [1.54, 1.807) is 0 Å². The Morgan fingerprint density at radius 2 is 1.92 bits per heavy atom. The molecule has 0 fully saturated rings. The standard InChI is InChI=1S/C8H5Br2NO/c9-6-1-4-3-11-8(12)5(4)2-7(6)10/h1-2H,3H2,(H,11,12). The largest absolute Gasteiger partial charge is 0.348 e. The van der Waals surface area contributed by atoms with Gasteiger partial charge in [0.05, 0.1) is 0 Å². The van der Waals surface area contributed by atoms with Crippen LogP contribution in [0.2, 0.25) is 0 Å². The van der Waals surface area contributed by atoms with Crippen LogP contribution in [-0.2, 0) is 6.54 Å². The van der Waals surface area contributed by atoms with Gasteiger partial charge in [-0.25, -0.2) is 0 Å². The van der Waals surface area contributed by atoms with E-state index in [1.165, 1.54) is 0 Å². The van der Waals surface area contributed by atoms with Crippen LogP contribution in [0.1, 0.15) is 15.9 Å². The van der Waals surface area contributed by atoms with Crippen LogP contribution in [0, 0.1) is 0 Å². The number of nitrogens with one attached hydrogen (secondary N) is 1. The molecule has 0 spiro atoms. The van der Waals surface area contributed by atoms with Crippen molar-refractivity contribution < 1.29 is 4.79 Å². The normalized spacial score (nSPS) is 14.3. The van der Waals surface area contributed by atoms with Crippen molar-refractivity contribution in [2.75, 3.05) is 0 Å². The molecular weight excluding hydrogens is 286 g/mol. The Kier molecular flexibility index (Phi) is 1.96. The first-order valence-corrected chi connectivity index (χ1v) is 5.03. The Balaban J connectivity index is 2.63. The fourth-order valence-corrected chi connectivity index (χ4v) is 1.95. The Labute approximate surface area is 86.6 Å². The molecule has 2 rings (SSSR count). The second-order valence-electron chi connectivity index (χ2n) is 2.61. The SMILES string of the molecule is O=C1NCc2cc(Br)c(Br)cc21. The lowest BCUT2D eigenvalue weighted by Gasteiger charge is -1.99. The van der Waals surface area contributed by atoms with Crippen molar-refractivity contribution in [1.82, 2.24) is 5.32 Å². The Bertz CT molecular complexity index is 362. The highest BCUT2D eigenvalue weighted by atomic mass is 79.9. The van der Waals surface area contributed by atoms with Gasteiger partial charge in [-0.3, -0.25) is 4.79 Å². The molecule has 0 saturated carbocycles. The maximum Gasteiger partial charge on any atom is 0.251 e. The molecule has 0 unspecified atom stereocenters. The number of carbonyl (C=O) groups excluding carboxylic acids is 1. The molecule has 1 N–H and O–H groups in total. The zero-order valence-electron chi connectivity index (χ0n) is 6.03. The third kappa shape index (κ3) is 1.19. The van der Waals surface area contributed by atoms with E-state index in [0.29, 0.717) is 6.54 Å². The monoisotopic (exact) mass is 289 g/mol. The molecule has 4 heteroatoms. The maximum atomic E-state index is 11.2. The fourth-order valence-electron chi connectivity index (χ4n) is 1.22. The zero-order chi connectivity index (χ0) is 8.72. The number of fused-ring (bicyclic) bond motifs is 1. The summed E-state index contributed by atoms with van der Waals surface area (Å²) in [5, 5.41) is 2.76. The topological polar surface area (TPSA) is 29.1 Å². The summed E-state index contributed by atoms with van der Waals surface area (Å²) in [5.41, 5.74) is 1.82. The Morgan fingerprint density at radius 3 is 2.67 bits per heavy atom. The Hall–Kier alpha value is -0.350. The summed E-state index contributed by atoms with van der Waals surface area (Å²) in [7, 11) is 0. The van der Waals surface area contributed by atoms with E-state index < -0.39 is 0 Å². The van der Waals surface area contributed by atoms with E-state index in [4.69, 9.17) is 0 Å². The van der Waals surface area contributed by atoms with Gasteiger partial charge in [-0.15, -0.1) is 0 Å². The lowest BCUT2D eigenvalue weighted by molar-refractivity contribution is 0.0965. The first-order valence-electron chi connectivity index (χ1n) is 3.44. The van der Waals surface area contributed by atoms with Crippen LogP contribution in [0.15, 0.2) is 21.1 Å². The minimum Gasteiger partial charge on any atom is -0.348 e. The third-order valence-electron chi connectivity index (χ3n) is 1.83. The van der Waals surface area contributed by atoms with Crippen molar-refractivity contribution in [3.05, 3.63) is 32.2 Å². The molecule has 0 bridgehead atoms. The Morgan fingerprint density at radius 1 is 1.25 bits per heavy atom. The molecule has 62 valence electrons. The predicted molar refractivity (Wildman–Crippen MR) is 53.0 cm³/mol. The van der Waals surface area contributed by atoms with Crippen LogP contribution in [0.25, 0.3) is 0 Å². The van der Waals surface area contributed by atoms with Crippen molar-refractivity contribution in [1.29, 1.82) is 0 Å². The van der Waals surface area contributed by atoms with Gasteiger partial charge in [0.15, 0.2) is 0 Å². The van der Waals surface area contributed by atoms with Crippen LogP contribution in [0.4, 0.5) is 0 Å². The highest BCUT2D eigenvalue weighted by Crippen LogP contribution is 2.28. The van der Waals surface area contributed by atoms with Gasteiger partial charge in [0, 0.05) is 21.1 Å². The highest BCUT2D eigenvalue weighted by molar-refractivity contribution is 9.13. The molecule has 0 atom stereocenters. The molecule has 12 heavy (non-hydrogen) atoms. The molecule has 1 aliphatic rings. The molecule has 1 aliphatic heterocycles. The fraction of sp³-hybridized carbons (Fsp3) is 0.125. The second-order valence-corrected chi connectivity index (χ2v) is 4.31. The average molecular weight is 291 g/mol. The van der Waals surface area contributed by atoms with E-state index in [1.807, 2.05) is 12.1 Å². The van der Waals surface area contributed by atoms with Crippen LogP contribution in [0.3, 0.4) is 0 Å². The van der Waals surface area contributed by atoms with Gasteiger partial charge in [0.1, 0.15) is 0 Å². The van der Waals surface area contributed by atoms with Crippen molar-refractivity contribution in [2.45, 2.75) is 6.54 Å². The molecule has 0 radical (unpaired) electrons. The van der Waals surface area contributed by atoms with E-state index in [2.05, 4.69) is 37.2 Å².